The highest BCUT2D eigenvalue weighted by Crippen LogP contribution is 2.21. The summed E-state index contributed by atoms with van der Waals surface area (Å²) >= 11 is 0. The lowest BCUT2D eigenvalue weighted by Gasteiger charge is -2.05. The van der Waals surface area contributed by atoms with E-state index in [0.717, 1.165) is 30.8 Å². The number of allylic oxidation sites excluding steroid dienone is 1. The van der Waals surface area contributed by atoms with Gasteiger partial charge in [0.05, 0.1) is 7.11 Å². The Labute approximate surface area is 118 Å². The van der Waals surface area contributed by atoms with E-state index < -0.39 is 0 Å². The van der Waals surface area contributed by atoms with Crippen LogP contribution >= 0.6 is 0 Å². The third-order valence-electron chi connectivity index (χ3n) is 2.65. The minimum absolute atomic E-state index is 0.849. The third-order valence-corrected chi connectivity index (χ3v) is 2.65. The van der Waals surface area contributed by atoms with Gasteiger partial charge in [0.1, 0.15) is 5.75 Å². The van der Waals surface area contributed by atoms with E-state index in [1.54, 1.807) is 14.2 Å². The molecule has 0 amide bonds. The molecule has 0 N–H and O–H groups in total. The lowest BCUT2D eigenvalue weighted by Crippen LogP contribution is -1.88. The number of hydrogen-bond acceptors (Lipinski definition) is 2. The molecule has 0 aliphatic heterocycles. The quantitative estimate of drug-likeness (QED) is 0.655. The van der Waals surface area contributed by atoms with Gasteiger partial charge in [-0.15, -0.1) is 0 Å². The minimum Gasteiger partial charge on any atom is -0.496 e. The van der Waals surface area contributed by atoms with Crippen LogP contribution in [-0.4, -0.2) is 20.8 Å². The zero-order valence-electron chi connectivity index (χ0n) is 13.0. The van der Waals surface area contributed by atoms with Crippen LogP contribution in [0.1, 0.15) is 44.2 Å². The Bertz CT molecular complexity index is 356. The van der Waals surface area contributed by atoms with Gasteiger partial charge in [-0.25, -0.2) is 0 Å². The van der Waals surface area contributed by atoms with E-state index in [1.165, 1.54) is 12.0 Å². The van der Waals surface area contributed by atoms with Crippen LogP contribution in [0.2, 0.25) is 0 Å². The van der Waals surface area contributed by atoms with Crippen molar-refractivity contribution in [2.45, 2.75) is 40.0 Å². The van der Waals surface area contributed by atoms with Crippen molar-refractivity contribution in [2.75, 3.05) is 20.8 Å². The number of ether oxygens (including phenoxy) is 2. The predicted octanol–water partition coefficient (Wildman–Crippen LogP) is 4.86. The third kappa shape index (κ3) is 7.68. The summed E-state index contributed by atoms with van der Waals surface area (Å²) in [6, 6.07) is 6.22. The molecule has 0 aromatic heterocycles. The lowest BCUT2D eigenvalue weighted by atomic mass is 10.1. The summed E-state index contributed by atoms with van der Waals surface area (Å²) in [6.45, 7) is 6.94. The van der Waals surface area contributed by atoms with Crippen LogP contribution in [-0.2, 0) is 4.74 Å². The summed E-state index contributed by atoms with van der Waals surface area (Å²) in [6.07, 6.45) is 7.70. The molecule has 1 rings (SSSR count). The monoisotopic (exact) mass is 264 g/mol. The molecule has 0 fully saturated rings. The van der Waals surface area contributed by atoms with Crippen molar-refractivity contribution < 1.29 is 9.47 Å². The van der Waals surface area contributed by atoms with Gasteiger partial charge in [0.25, 0.3) is 0 Å². The highest BCUT2D eigenvalue weighted by Gasteiger charge is 1.98. The zero-order valence-corrected chi connectivity index (χ0v) is 13.0. The van der Waals surface area contributed by atoms with Gasteiger partial charge in [-0.2, -0.15) is 0 Å². The molecule has 0 aliphatic rings. The Morgan fingerprint density at radius 2 is 1.84 bits per heavy atom. The number of benzene rings is 1. The Morgan fingerprint density at radius 3 is 2.47 bits per heavy atom. The molecule has 0 spiro atoms. The van der Waals surface area contributed by atoms with Gasteiger partial charge in [-0.3, -0.25) is 0 Å². The molecule has 0 saturated heterocycles. The summed E-state index contributed by atoms with van der Waals surface area (Å²) < 4.78 is 10.3. The SMILES string of the molecule is CC.COCCCC/C=C/c1cc(C)ccc1OC. The van der Waals surface area contributed by atoms with Crippen molar-refractivity contribution in [2.24, 2.45) is 0 Å². The Morgan fingerprint density at radius 1 is 1.11 bits per heavy atom. The predicted molar refractivity (Wildman–Crippen MR) is 83.8 cm³/mol. The van der Waals surface area contributed by atoms with Crippen molar-refractivity contribution >= 4 is 6.08 Å². The van der Waals surface area contributed by atoms with E-state index in [-0.39, 0.29) is 0 Å². The van der Waals surface area contributed by atoms with Gasteiger partial charge >= 0.3 is 0 Å². The molecule has 2 nitrogen and oxygen atoms in total. The molecule has 0 radical (unpaired) electrons. The maximum Gasteiger partial charge on any atom is 0.126 e. The van der Waals surface area contributed by atoms with Crippen molar-refractivity contribution in [1.29, 1.82) is 0 Å². The van der Waals surface area contributed by atoms with Gasteiger partial charge in [0, 0.05) is 19.3 Å². The molecule has 0 heterocycles. The van der Waals surface area contributed by atoms with E-state index in [2.05, 4.69) is 31.2 Å². The molecule has 1 aromatic rings. The molecule has 2 heteroatoms. The van der Waals surface area contributed by atoms with Crippen LogP contribution in [0.4, 0.5) is 0 Å². The van der Waals surface area contributed by atoms with E-state index >= 15 is 0 Å². The number of aryl methyl sites for hydroxylation is 1. The van der Waals surface area contributed by atoms with E-state index in [9.17, 15) is 0 Å². The smallest absolute Gasteiger partial charge is 0.126 e. The van der Waals surface area contributed by atoms with E-state index in [4.69, 9.17) is 9.47 Å². The Balaban J connectivity index is 0.00000154. The lowest BCUT2D eigenvalue weighted by molar-refractivity contribution is 0.193. The first-order chi connectivity index (χ1) is 9.27. The fraction of sp³-hybridized carbons (Fsp3) is 0.529. The molecule has 0 bridgehead atoms. The second kappa shape index (κ2) is 11.8. The maximum atomic E-state index is 5.32. The van der Waals surface area contributed by atoms with Crippen molar-refractivity contribution in [3.8, 4) is 5.75 Å². The van der Waals surface area contributed by atoms with Crippen LogP contribution in [0.15, 0.2) is 24.3 Å². The van der Waals surface area contributed by atoms with Crippen LogP contribution in [0.5, 0.6) is 5.75 Å². The zero-order chi connectivity index (χ0) is 14.5. The van der Waals surface area contributed by atoms with Crippen LogP contribution in [0.25, 0.3) is 6.08 Å². The fourth-order valence-corrected chi connectivity index (χ4v) is 1.70. The van der Waals surface area contributed by atoms with E-state index in [1.807, 2.05) is 19.9 Å². The number of rotatable bonds is 7. The number of unbranched alkanes of at least 4 members (excludes halogenated alkanes) is 2. The molecular weight excluding hydrogens is 236 g/mol. The average Bonchev–Trinajstić information content (AvgIpc) is 2.45. The molecule has 19 heavy (non-hydrogen) atoms. The van der Waals surface area contributed by atoms with Gasteiger partial charge < -0.3 is 9.47 Å². The van der Waals surface area contributed by atoms with Crippen molar-refractivity contribution in [3.05, 3.63) is 35.4 Å². The van der Waals surface area contributed by atoms with E-state index in [0.29, 0.717) is 0 Å². The first-order valence-electron chi connectivity index (χ1n) is 7.08. The highest BCUT2D eigenvalue weighted by molar-refractivity contribution is 5.58. The topological polar surface area (TPSA) is 18.5 Å². The van der Waals surface area contributed by atoms with Crippen LogP contribution < -0.4 is 4.74 Å². The van der Waals surface area contributed by atoms with Gasteiger partial charge in [-0.05, 0) is 38.3 Å². The average molecular weight is 264 g/mol. The van der Waals surface area contributed by atoms with Crippen molar-refractivity contribution in [3.63, 3.8) is 0 Å². The Kier molecular flexibility index (Phi) is 11.0. The summed E-state index contributed by atoms with van der Waals surface area (Å²) in [5.74, 6) is 0.934. The molecule has 0 atom stereocenters. The maximum absolute atomic E-state index is 5.32. The molecule has 108 valence electrons. The summed E-state index contributed by atoms with van der Waals surface area (Å²) in [5.41, 5.74) is 2.41. The Hall–Kier alpha value is -1.28. The second-order valence-corrected chi connectivity index (χ2v) is 4.14. The van der Waals surface area contributed by atoms with Crippen LogP contribution in [0.3, 0.4) is 0 Å². The standard InChI is InChI=1S/C15H22O2.C2H6/c1-13-9-10-15(17-3)14(12-13)8-6-4-5-7-11-16-2;1-2/h6,8-10,12H,4-5,7,11H2,1-3H3;1-2H3/b8-6+;. The fourth-order valence-electron chi connectivity index (χ4n) is 1.70. The number of methoxy groups -OCH3 is 2. The first kappa shape index (κ1) is 17.7. The molecule has 0 aliphatic carbocycles. The molecule has 0 unspecified atom stereocenters. The summed E-state index contributed by atoms with van der Waals surface area (Å²) in [7, 11) is 3.45. The largest absolute Gasteiger partial charge is 0.496 e. The normalized spacial score (nSPS) is 10.2. The molecule has 0 saturated carbocycles. The van der Waals surface area contributed by atoms with Crippen LogP contribution in [0, 0.1) is 6.92 Å². The number of hydrogen-bond donors (Lipinski definition) is 0. The highest BCUT2D eigenvalue weighted by atomic mass is 16.5. The summed E-state index contributed by atoms with van der Waals surface area (Å²) in [4.78, 5) is 0. The molecular formula is C17H28O2. The van der Waals surface area contributed by atoms with Gasteiger partial charge in [0.2, 0.25) is 0 Å². The second-order valence-electron chi connectivity index (χ2n) is 4.14. The van der Waals surface area contributed by atoms with Crippen molar-refractivity contribution in [1.82, 2.24) is 0 Å². The molecule has 1 aromatic carbocycles. The first-order valence-corrected chi connectivity index (χ1v) is 7.08. The summed E-state index contributed by atoms with van der Waals surface area (Å²) in [5, 5.41) is 0. The van der Waals surface area contributed by atoms with Gasteiger partial charge in [-0.1, -0.05) is 37.6 Å². The minimum atomic E-state index is 0.849. The van der Waals surface area contributed by atoms with Gasteiger partial charge in [0.15, 0.2) is 0 Å².